The first kappa shape index (κ1) is 13.5. The van der Waals surface area contributed by atoms with Gasteiger partial charge < -0.3 is 18.9 Å². The van der Waals surface area contributed by atoms with Crippen molar-refractivity contribution in [2.45, 2.75) is 0 Å². The van der Waals surface area contributed by atoms with E-state index in [4.69, 9.17) is 9.47 Å². The van der Waals surface area contributed by atoms with E-state index >= 15 is 0 Å². The summed E-state index contributed by atoms with van der Waals surface area (Å²) >= 11 is 0. The summed E-state index contributed by atoms with van der Waals surface area (Å²) in [5, 5.41) is 6.21. The predicted molar refractivity (Wildman–Crippen MR) is 60.8 cm³/mol. The smallest absolute Gasteiger partial charge is 0.323 e. The second-order valence-electron chi connectivity index (χ2n) is 3.29. The van der Waals surface area contributed by atoms with E-state index < -0.39 is 0 Å². The van der Waals surface area contributed by atoms with E-state index in [1.54, 1.807) is 25.2 Å². The van der Waals surface area contributed by atoms with Gasteiger partial charge in [0.25, 0.3) is 0 Å². The van der Waals surface area contributed by atoms with Crippen LogP contribution in [-0.2, 0) is 9.47 Å². The number of aromatic nitrogens is 1. The lowest BCUT2D eigenvalue weighted by Crippen LogP contribution is -2.39. The molecule has 0 bridgehead atoms. The normalized spacial score (nSPS) is 10.2. The summed E-state index contributed by atoms with van der Waals surface area (Å²) in [5.41, 5.74) is 0. The highest BCUT2D eigenvalue weighted by molar-refractivity contribution is 5.88. The Balaban J connectivity index is 2.46. The Bertz CT molecular complexity index is 307. The first-order chi connectivity index (χ1) is 8.27. The van der Waals surface area contributed by atoms with Crippen molar-refractivity contribution in [3.05, 3.63) is 12.3 Å². The molecule has 0 atom stereocenters. The van der Waals surface area contributed by atoms with Gasteiger partial charge in [-0.05, 0) is 0 Å². The molecule has 0 aromatic carbocycles. The van der Waals surface area contributed by atoms with Crippen LogP contribution in [0.3, 0.4) is 0 Å². The van der Waals surface area contributed by atoms with Gasteiger partial charge in [0, 0.05) is 33.4 Å². The van der Waals surface area contributed by atoms with Crippen LogP contribution in [0.4, 0.5) is 10.6 Å². The number of amides is 2. The largest absolute Gasteiger partial charge is 0.383 e. The molecule has 1 heterocycles. The van der Waals surface area contributed by atoms with Gasteiger partial charge in [-0.3, -0.25) is 5.32 Å². The quantitative estimate of drug-likeness (QED) is 0.766. The number of anilines is 1. The van der Waals surface area contributed by atoms with Gasteiger partial charge in [0.15, 0.2) is 5.82 Å². The molecule has 0 saturated carbocycles. The number of nitrogens with one attached hydrogen (secondary N) is 1. The Labute approximate surface area is 99.6 Å². The van der Waals surface area contributed by atoms with Crippen LogP contribution < -0.4 is 5.32 Å². The molecule has 0 saturated heterocycles. The lowest BCUT2D eigenvalue weighted by molar-refractivity contribution is 0.127. The highest BCUT2D eigenvalue weighted by atomic mass is 16.5. The standard InChI is InChI=1S/C10H17N3O4/c1-15-7-4-13(5-8-16-2)10(14)11-9-3-6-17-12-9/h3,6H,4-5,7-8H2,1-2H3,(H,11,12,14). The van der Waals surface area contributed by atoms with Crippen molar-refractivity contribution in [3.63, 3.8) is 0 Å². The molecule has 7 nitrogen and oxygen atoms in total. The third-order valence-corrected chi connectivity index (χ3v) is 2.09. The molecular weight excluding hydrogens is 226 g/mol. The maximum absolute atomic E-state index is 11.8. The Morgan fingerprint density at radius 2 is 2.06 bits per heavy atom. The lowest BCUT2D eigenvalue weighted by atomic mass is 10.5. The molecular formula is C10H17N3O4. The van der Waals surface area contributed by atoms with Gasteiger partial charge >= 0.3 is 6.03 Å². The fourth-order valence-corrected chi connectivity index (χ4v) is 1.18. The number of hydrogen-bond acceptors (Lipinski definition) is 5. The summed E-state index contributed by atoms with van der Waals surface area (Å²) in [4.78, 5) is 13.4. The van der Waals surface area contributed by atoms with Gasteiger partial charge in [0.1, 0.15) is 6.26 Å². The van der Waals surface area contributed by atoms with E-state index in [0.717, 1.165) is 0 Å². The van der Waals surface area contributed by atoms with Crippen LogP contribution in [0.25, 0.3) is 0 Å². The highest BCUT2D eigenvalue weighted by Gasteiger charge is 2.13. The zero-order chi connectivity index (χ0) is 12.5. The van der Waals surface area contributed by atoms with Gasteiger partial charge in [-0.15, -0.1) is 0 Å². The number of ether oxygens (including phenoxy) is 2. The molecule has 96 valence electrons. The van der Waals surface area contributed by atoms with Crippen molar-refractivity contribution >= 4 is 11.8 Å². The molecule has 0 aliphatic rings. The Morgan fingerprint density at radius 1 is 1.41 bits per heavy atom. The zero-order valence-electron chi connectivity index (χ0n) is 10.0. The minimum absolute atomic E-state index is 0.256. The fraction of sp³-hybridized carbons (Fsp3) is 0.600. The van der Waals surface area contributed by atoms with Gasteiger partial charge in [0.05, 0.1) is 13.2 Å². The Kier molecular flexibility index (Phi) is 6.05. The summed E-state index contributed by atoms with van der Waals surface area (Å²) in [7, 11) is 3.17. The van der Waals surface area contributed by atoms with Crippen molar-refractivity contribution in [2.75, 3.05) is 45.8 Å². The maximum Gasteiger partial charge on any atom is 0.323 e. The average molecular weight is 243 g/mol. The molecule has 0 radical (unpaired) electrons. The minimum Gasteiger partial charge on any atom is -0.383 e. The predicted octanol–water partition coefficient (Wildman–Crippen LogP) is 0.801. The number of hydrogen-bond donors (Lipinski definition) is 1. The van der Waals surface area contributed by atoms with Gasteiger partial charge in [-0.1, -0.05) is 5.16 Å². The van der Waals surface area contributed by atoms with Crippen LogP contribution in [-0.4, -0.2) is 56.6 Å². The van der Waals surface area contributed by atoms with Crippen molar-refractivity contribution < 1.29 is 18.8 Å². The second kappa shape index (κ2) is 7.64. The first-order valence-corrected chi connectivity index (χ1v) is 5.22. The Morgan fingerprint density at radius 3 is 2.53 bits per heavy atom. The molecule has 17 heavy (non-hydrogen) atoms. The lowest BCUT2D eigenvalue weighted by Gasteiger charge is -2.21. The summed E-state index contributed by atoms with van der Waals surface area (Å²) in [5.74, 6) is 0.384. The van der Waals surface area contributed by atoms with E-state index in [2.05, 4.69) is 15.0 Å². The second-order valence-corrected chi connectivity index (χ2v) is 3.29. The SMILES string of the molecule is COCCN(CCOC)C(=O)Nc1ccon1. The molecule has 1 aromatic heterocycles. The van der Waals surface area contributed by atoms with Crippen LogP contribution in [0.1, 0.15) is 0 Å². The summed E-state index contributed by atoms with van der Waals surface area (Å²) < 4.78 is 14.5. The molecule has 0 fully saturated rings. The number of urea groups is 1. The van der Waals surface area contributed by atoms with Crippen molar-refractivity contribution in [1.29, 1.82) is 0 Å². The van der Waals surface area contributed by atoms with Crippen molar-refractivity contribution in [2.24, 2.45) is 0 Å². The monoisotopic (exact) mass is 243 g/mol. The van der Waals surface area contributed by atoms with Gasteiger partial charge in [-0.2, -0.15) is 0 Å². The van der Waals surface area contributed by atoms with Gasteiger partial charge in [-0.25, -0.2) is 4.79 Å². The molecule has 1 N–H and O–H groups in total. The molecule has 0 spiro atoms. The van der Waals surface area contributed by atoms with Gasteiger partial charge in [0.2, 0.25) is 0 Å². The number of nitrogens with zero attached hydrogens (tertiary/aromatic N) is 2. The van der Waals surface area contributed by atoms with E-state index in [9.17, 15) is 4.79 Å². The molecule has 0 unspecified atom stereocenters. The molecule has 1 rings (SSSR count). The third-order valence-electron chi connectivity index (χ3n) is 2.09. The number of carbonyl (C=O) groups is 1. The van der Waals surface area contributed by atoms with Crippen LogP contribution >= 0.6 is 0 Å². The molecule has 1 aromatic rings. The zero-order valence-corrected chi connectivity index (χ0v) is 10.0. The van der Waals surface area contributed by atoms with E-state index in [0.29, 0.717) is 32.1 Å². The maximum atomic E-state index is 11.8. The highest BCUT2D eigenvalue weighted by Crippen LogP contribution is 2.03. The van der Waals surface area contributed by atoms with E-state index in [-0.39, 0.29) is 6.03 Å². The molecule has 7 heteroatoms. The fourth-order valence-electron chi connectivity index (χ4n) is 1.18. The minimum atomic E-state index is -0.256. The number of methoxy groups -OCH3 is 2. The first-order valence-electron chi connectivity index (χ1n) is 5.22. The summed E-state index contributed by atoms with van der Waals surface area (Å²) in [6, 6.07) is 1.32. The summed E-state index contributed by atoms with van der Waals surface area (Å²) in [6.45, 7) is 1.92. The van der Waals surface area contributed by atoms with Crippen LogP contribution in [0.5, 0.6) is 0 Å². The molecule has 2 amide bonds. The average Bonchev–Trinajstić information content (AvgIpc) is 2.82. The summed E-state index contributed by atoms with van der Waals surface area (Å²) in [6.07, 6.45) is 1.39. The van der Waals surface area contributed by atoms with Crippen molar-refractivity contribution in [1.82, 2.24) is 10.1 Å². The number of carbonyl (C=O) groups excluding carboxylic acids is 1. The van der Waals surface area contributed by atoms with Crippen LogP contribution in [0.2, 0.25) is 0 Å². The van der Waals surface area contributed by atoms with Crippen molar-refractivity contribution in [3.8, 4) is 0 Å². The van der Waals surface area contributed by atoms with Crippen LogP contribution in [0.15, 0.2) is 16.9 Å². The number of rotatable bonds is 7. The molecule has 0 aliphatic carbocycles. The van der Waals surface area contributed by atoms with Crippen LogP contribution in [0, 0.1) is 0 Å². The molecule has 0 aliphatic heterocycles. The Hall–Kier alpha value is -1.60. The third kappa shape index (κ3) is 4.83. The van der Waals surface area contributed by atoms with E-state index in [1.807, 2.05) is 0 Å². The van der Waals surface area contributed by atoms with E-state index in [1.165, 1.54) is 6.26 Å². The topological polar surface area (TPSA) is 76.8 Å².